The number of hydrogen-bond acceptors (Lipinski definition) is 8. The summed E-state index contributed by atoms with van der Waals surface area (Å²) in [5.74, 6) is 2.17. The largest absolute Gasteiger partial charge is 0.465 e. The maximum Gasteiger partial charge on any atom is 0.240 e. The molecule has 1 atom stereocenters. The minimum atomic E-state index is -3.68. The Labute approximate surface area is 195 Å². The average Bonchev–Trinajstić information content (AvgIpc) is 3.20. The van der Waals surface area contributed by atoms with Gasteiger partial charge in [-0.15, -0.1) is 0 Å². The fraction of sp³-hybridized carbons (Fsp3) is 0.333. The van der Waals surface area contributed by atoms with Gasteiger partial charge in [0, 0.05) is 11.9 Å². The Morgan fingerprint density at radius 2 is 1.94 bits per heavy atom. The molecule has 2 aromatic heterocycles. The number of aryl methyl sites for hydroxylation is 1. The number of anilines is 3. The number of sulfonamides is 1. The fourth-order valence-corrected chi connectivity index (χ4v) is 4.25. The molecule has 32 heavy (non-hydrogen) atoms. The zero-order valence-corrected chi connectivity index (χ0v) is 20.2. The van der Waals surface area contributed by atoms with Gasteiger partial charge in [0.05, 0.1) is 28.6 Å². The van der Waals surface area contributed by atoms with Crippen molar-refractivity contribution in [3.05, 3.63) is 58.6 Å². The highest BCUT2D eigenvalue weighted by Gasteiger charge is 2.15. The zero-order valence-electron chi connectivity index (χ0n) is 17.8. The van der Waals surface area contributed by atoms with Crippen LogP contribution in [-0.4, -0.2) is 36.1 Å². The van der Waals surface area contributed by atoms with Crippen molar-refractivity contribution in [3.63, 3.8) is 0 Å². The molecule has 0 fully saturated rings. The van der Waals surface area contributed by atoms with Crippen LogP contribution in [-0.2, 0) is 16.6 Å². The maximum atomic E-state index is 12.5. The number of benzene rings is 1. The number of halogens is 1. The third-order valence-electron chi connectivity index (χ3n) is 4.60. The Bertz CT molecular complexity index is 1140. The molecule has 11 heteroatoms. The molecule has 0 saturated carbocycles. The van der Waals surface area contributed by atoms with Crippen LogP contribution in [0.2, 0.25) is 0 Å². The van der Waals surface area contributed by atoms with Crippen LogP contribution in [0.15, 0.2) is 56.4 Å². The van der Waals surface area contributed by atoms with Gasteiger partial charge in [-0.3, -0.25) is 0 Å². The lowest BCUT2D eigenvalue weighted by atomic mass is 10.2. The number of rotatable bonds is 11. The Hall–Kier alpha value is -2.47. The molecule has 2 heterocycles. The molecular weight excluding hydrogens is 498 g/mol. The first-order valence-corrected chi connectivity index (χ1v) is 12.4. The van der Waals surface area contributed by atoms with Crippen molar-refractivity contribution in [2.45, 2.75) is 44.2 Å². The molecule has 3 rings (SSSR count). The lowest BCUT2D eigenvalue weighted by Crippen LogP contribution is -2.24. The Morgan fingerprint density at radius 3 is 2.56 bits per heavy atom. The molecular formula is C21H26BrN5O4S. The summed E-state index contributed by atoms with van der Waals surface area (Å²) in [6, 6.07) is 9.68. The summed E-state index contributed by atoms with van der Waals surface area (Å²) in [6.45, 7) is 3.92. The van der Waals surface area contributed by atoms with Crippen LogP contribution in [0.1, 0.15) is 31.3 Å². The molecule has 9 nitrogen and oxygen atoms in total. The van der Waals surface area contributed by atoms with Crippen LogP contribution in [0.3, 0.4) is 0 Å². The predicted molar refractivity (Wildman–Crippen MR) is 126 cm³/mol. The SMILES string of the molecule is CCC[C@H](CO)Nc1nc(Nc2ccc(S(=O)(=O)NCc3ccc(C)o3)cc2)ncc1Br. The van der Waals surface area contributed by atoms with Gasteiger partial charge in [0.1, 0.15) is 17.3 Å². The quantitative estimate of drug-likeness (QED) is 0.297. The lowest BCUT2D eigenvalue weighted by Gasteiger charge is -2.17. The third-order valence-corrected chi connectivity index (χ3v) is 6.59. The molecule has 0 spiro atoms. The highest BCUT2D eigenvalue weighted by atomic mass is 79.9. The summed E-state index contributed by atoms with van der Waals surface area (Å²) in [5.41, 5.74) is 0.631. The fourth-order valence-electron chi connectivity index (χ4n) is 2.96. The van der Waals surface area contributed by atoms with Crippen molar-refractivity contribution in [2.24, 2.45) is 0 Å². The molecule has 1 aromatic carbocycles. The van der Waals surface area contributed by atoms with Crippen molar-refractivity contribution >= 4 is 43.4 Å². The van der Waals surface area contributed by atoms with Crippen molar-refractivity contribution in [1.29, 1.82) is 0 Å². The Morgan fingerprint density at radius 1 is 1.19 bits per heavy atom. The maximum absolute atomic E-state index is 12.5. The minimum absolute atomic E-state index is 0.00343. The van der Waals surface area contributed by atoms with Gasteiger partial charge in [0.25, 0.3) is 0 Å². The van der Waals surface area contributed by atoms with Gasteiger partial charge >= 0.3 is 0 Å². The number of nitrogens with one attached hydrogen (secondary N) is 3. The second-order valence-corrected chi connectivity index (χ2v) is 9.81. The predicted octanol–water partition coefficient (Wildman–Crippen LogP) is 3.94. The molecule has 3 aromatic rings. The van der Waals surface area contributed by atoms with Crippen molar-refractivity contribution in [1.82, 2.24) is 14.7 Å². The van der Waals surface area contributed by atoms with Gasteiger partial charge in [0.15, 0.2) is 0 Å². The van der Waals surface area contributed by atoms with Gasteiger partial charge in [-0.05, 0) is 65.7 Å². The van der Waals surface area contributed by atoms with Gasteiger partial charge in [-0.1, -0.05) is 13.3 Å². The van der Waals surface area contributed by atoms with Gasteiger partial charge < -0.3 is 20.2 Å². The molecule has 0 unspecified atom stereocenters. The van der Waals surface area contributed by atoms with E-state index in [1.807, 2.05) is 6.92 Å². The van der Waals surface area contributed by atoms with E-state index in [2.05, 4.69) is 41.3 Å². The van der Waals surface area contributed by atoms with Crippen LogP contribution in [0.5, 0.6) is 0 Å². The molecule has 0 radical (unpaired) electrons. The first kappa shape index (κ1) is 24.2. The summed E-state index contributed by atoms with van der Waals surface area (Å²) < 4.78 is 33.6. The number of nitrogens with zero attached hydrogens (tertiary/aromatic N) is 2. The standard InChI is InChI=1S/C21H26BrN5O4S/c1-3-4-16(13-28)25-20-19(22)12-23-21(27-20)26-15-6-9-18(10-7-15)32(29,30)24-11-17-8-5-14(2)31-17/h5-10,12,16,24,28H,3-4,11,13H2,1-2H3,(H2,23,25,26,27)/t16-/m1/s1. The lowest BCUT2D eigenvalue weighted by molar-refractivity contribution is 0.268. The second kappa shape index (κ2) is 10.9. The monoisotopic (exact) mass is 523 g/mol. The van der Waals surface area contributed by atoms with Crippen molar-refractivity contribution in [3.8, 4) is 0 Å². The number of aliphatic hydroxyl groups excluding tert-OH is 1. The van der Waals surface area contributed by atoms with E-state index in [9.17, 15) is 13.5 Å². The van der Waals surface area contributed by atoms with E-state index in [0.29, 0.717) is 27.7 Å². The topological polar surface area (TPSA) is 129 Å². The number of aromatic nitrogens is 2. The Kier molecular flexibility index (Phi) is 8.24. The van der Waals surface area contributed by atoms with Crippen molar-refractivity contribution < 1.29 is 17.9 Å². The molecule has 0 amide bonds. The van der Waals surface area contributed by atoms with E-state index in [1.54, 1.807) is 37.4 Å². The normalized spacial score (nSPS) is 12.5. The summed E-state index contributed by atoms with van der Waals surface area (Å²) >= 11 is 3.41. The molecule has 0 saturated heterocycles. The molecule has 0 aliphatic heterocycles. The molecule has 0 bridgehead atoms. The molecule has 172 valence electrons. The summed E-state index contributed by atoms with van der Waals surface area (Å²) in [5, 5.41) is 15.8. The van der Waals surface area contributed by atoms with E-state index < -0.39 is 10.0 Å². The molecule has 4 N–H and O–H groups in total. The number of aliphatic hydroxyl groups is 1. The minimum Gasteiger partial charge on any atom is -0.465 e. The summed E-state index contributed by atoms with van der Waals surface area (Å²) in [7, 11) is -3.68. The molecule has 0 aliphatic rings. The van der Waals surface area contributed by atoms with E-state index in [0.717, 1.165) is 18.6 Å². The van der Waals surface area contributed by atoms with Crippen LogP contribution >= 0.6 is 15.9 Å². The van der Waals surface area contributed by atoms with E-state index in [4.69, 9.17) is 4.42 Å². The zero-order chi connectivity index (χ0) is 23.1. The highest BCUT2D eigenvalue weighted by molar-refractivity contribution is 9.10. The van der Waals surface area contributed by atoms with Crippen LogP contribution in [0.4, 0.5) is 17.5 Å². The summed E-state index contributed by atoms with van der Waals surface area (Å²) in [6.07, 6.45) is 3.34. The van der Waals surface area contributed by atoms with Crippen LogP contribution in [0, 0.1) is 6.92 Å². The average molecular weight is 524 g/mol. The Balaban J connectivity index is 1.66. The van der Waals surface area contributed by atoms with Gasteiger partial charge in [0.2, 0.25) is 16.0 Å². The first-order chi connectivity index (χ1) is 15.3. The third kappa shape index (κ3) is 6.52. The van der Waals surface area contributed by atoms with Gasteiger partial charge in [-0.2, -0.15) is 4.98 Å². The summed E-state index contributed by atoms with van der Waals surface area (Å²) in [4.78, 5) is 8.81. The van der Waals surface area contributed by atoms with Gasteiger partial charge in [-0.25, -0.2) is 18.1 Å². The number of hydrogen-bond donors (Lipinski definition) is 4. The molecule has 0 aliphatic carbocycles. The van der Waals surface area contributed by atoms with E-state index >= 15 is 0 Å². The van der Waals surface area contributed by atoms with Crippen LogP contribution in [0.25, 0.3) is 0 Å². The van der Waals surface area contributed by atoms with E-state index in [1.165, 1.54) is 12.1 Å². The highest BCUT2D eigenvalue weighted by Crippen LogP contribution is 2.24. The van der Waals surface area contributed by atoms with Crippen molar-refractivity contribution in [2.75, 3.05) is 17.2 Å². The first-order valence-electron chi connectivity index (χ1n) is 10.1. The van der Waals surface area contributed by atoms with E-state index in [-0.39, 0.29) is 24.1 Å². The van der Waals surface area contributed by atoms with Crippen LogP contribution < -0.4 is 15.4 Å². The number of furan rings is 1. The smallest absolute Gasteiger partial charge is 0.240 e. The second-order valence-electron chi connectivity index (χ2n) is 7.19.